The predicted molar refractivity (Wildman–Crippen MR) is 114 cm³/mol. The highest BCUT2D eigenvalue weighted by molar-refractivity contribution is 5.96. The van der Waals surface area contributed by atoms with E-state index in [1.54, 1.807) is 17.9 Å². The second-order valence-electron chi connectivity index (χ2n) is 7.20. The summed E-state index contributed by atoms with van der Waals surface area (Å²) in [6.45, 7) is 6.35. The quantitative estimate of drug-likeness (QED) is 0.626. The maximum Gasteiger partial charge on any atom is 0.257 e. The molecule has 0 saturated heterocycles. The fraction of sp³-hybridized carbons (Fsp3) is 0.250. The van der Waals surface area contributed by atoms with Crippen molar-refractivity contribution in [3.05, 3.63) is 88.9 Å². The number of hydrogen-bond donors (Lipinski definition) is 1. The molecule has 3 rings (SSSR count). The molecule has 2 amide bonds. The Morgan fingerprint density at radius 3 is 2.28 bits per heavy atom. The van der Waals surface area contributed by atoms with E-state index in [0.29, 0.717) is 30.2 Å². The van der Waals surface area contributed by atoms with Gasteiger partial charge in [-0.25, -0.2) is 0 Å². The molecule has 0 saturated carbocycles. The topological polar surface area (TPSA) is 62.6 Å². The van der Waals surface area contributed by atoms with Crippen molar-refractivity contribution in [3.63, 3.8) is 0 Å². The third-order valence-electron chi connectivity index (χ3n) is 4.72. The molecule has 1 aromatic heterocycles. The number of nitrogens with zero attached hydrogens (tertiary/aromatic N) is 1. The Hall–Kier alpha value is -3.34. The minimum absolute atomic E-state index is 0.125. The molecule has 0 aliphatic heterocycles. The number of hydrogen-bond acceptors (Lipinski definition) is 3. The summed E-state index contributed by atoms with van der Waals surface area (Å²) >= 11 is 0. The molecule has 1 N–H and O–H groups in total. The van der Waals surface area contributed by atoms with Crippen LogP contribution < -0.4 is 5.32 Å². The van der Waals surface area contributed by atoms with Crippen LogP contribution in [0.15, 0.2) is 65.1 Å². The molecule has 2 aromatic carbocycles. The van der Waals surface area contributed by atoms with Crippen LogP contribution in [0, 0.1) is 20.8 Å². The summed E-state index contributed by atoms with van der Waals surface area (Å²) in [5.41, 5.74) is 3.44. The Morgan fingerprint density at radius 2 is 1.66 bits per heavy atom. The molecule has 0 spiro atoms. The van der Waals surface area contributed by atoms with Crippen LogP contribution in [-0.4, -0.2) is 23.3 Å². The molecule has 29 heavy (non-hydrogen) atoms. The smallest absolute Gasteiger partial charge is 0.257 e. The Labute approximate surface area is 171 Å². The molecular formula is C24H26N2O3. The maximum absolute atomic E-state index is 13.1. The second kappa shape index (κ2) is 9.24. The molecule has 5 nitrogen and oxygen atoms in total. The van der Waals surface area contributed by atoms with Crippen LogP contribution in [0.2, 0.25) is 0 Å². The average Bonchev–Trinajstić information content (AvgIpc) is 3.05. The molecule has 0 fully saturated rings. The molecule has 3 aromatic rings. The molecule has 0 aliphatic rings. The van der Waals surface area contributed by atoms with Gasteiger partial charge in [0.25, 0.3) is 5.91 Å². The normalized spacial score (nSPS) is 10.6. The lowest BCUT2D eigenvalue weighted by Crippen LogP contribution is -2.33. The van der Waals surface area contributed by atoms with E-state index < -0.39 is 0 Å². The number of carbonyl (C=O) groups is 2. The van der Waals surface area contributed by atoms with Gasteiger partial charge in [0.2, 0.25) is 5.91 Å². The first-order valence-electron chi connectivity index (χ1n) is 9.69. The summed E-state index contributed by atoms with van der Waals surface area (Å²) in [4.78, 5) is 27.2. The van der Waals surface area contributed by atoms with Gasteiger partial charge in [0.05, 0.1) is 5.56 Å². The van der Waals surface area contributed by atoms with Crippen LogP contribution in [0.1, 0.15) is 39.4 Å². The first-order valence-corrected chi connectivity index (χ1v) is 9.69. The summed E-state index contributed by atoms with van der Waals surface area (Å²) in [6.07, 6.45) is 0.211. The Balaban J connectivity index is 1.70. The zero-order valence-electron chi connectivity index (χ0n) is 17.1. The lowest BCUT2D eigenvalue weighted by molar-refractivity contribution is -0.116. The number of aryl methyl sites for hydroxylation is 3. The zero-order chi connectivity index (χ0) is 20.8. The summed E-state index contributed by atoms with van der Waals surface area (Å²) in [7, 11) is 0. The molecule has 150 valence electrons. The Kier molecular flexibility index (Phi) is 6.50. The average molecular weight is 390 g/mol. The van der Waals surface area contributed by atoms with Gasteiger partial charge in [-0.3, -0.25) is 9.59 Å². The van der Waals surface area contributed by atoms with Crippen molar-refractivity contribution >= 4 is 17.5 Å². The number of anilines is 1. The van der Waals surface area contributed by atoms with E-state index in [1.165, 1.54) is 0 Å². The predicted octanol–water partition coefficient (Wildman–Crippen LogP) is 4.88. The van der Waals surface area contributed by atoms with E-state index in [1.807, 2.05) is 68.4 Å². The van der Waals surface area contributed by atoms with E-state index in [9.17, 15) is 9.59 Å². The van der Waals surface area contributed by atoms with Crippen LogP contribution in [0.25, 0.3) is 0 Å². The van der Waals surface area contributed by atoms with Crippen molar-refractivity contribution in [1.29, 1.82) is 0 Å². The molecular weight excluding hydrogens is 364 g/mol. The third kappa shape index (κ3) is 5.57. The van der Waals surface area contributed by atoms with Crippen molar-refractivity contribution in [2.75, 3.05) is 11.9 Å². The van der Waals surface area contributed by atoms with Crippen molar-refractivity contribution < 1.29 is 14.0 Å². The van der Waals surface area contributed by atoms with E-state index in [0.717, 1.165) is 16.8 Å². The van der Waals surface area contributed by atoms with Gasteiger partial charge in [0.15, 0.2) is 0 Å². The van der Waals surface area contributed by atoms with Crippen molar-refractivity contribution in [1.82, 2.24) is 4.90 Å². The summed E-state index contributed by atoms with van der Waals surface area (Å²) in [5.74, 6) is 1.03. The second-order valence-corrected chi connectivity index (χ2v) is 7.20. The fourth-order valence-corrected chi connectivity index (χ4v) is 3.17. The van der Waals surface area contributed by atoms with Crippen molar-refractivity contribution in [2.24, 2.45) is 0 Å². The van der Waals surface area contributed by atoms with Gasteiger partial charge >= 0.3 is 0 Å². The van der Waals surface area contributed by atoms with Crippen molar-refractivity contribution in [3.8, 4) is 0 Å². The molecule has 0 atom stereocenters. The van der Waals surface area contributed by atoms with Gasteiger partial charge < -0.3 is 14.6 Å². The van der Waals surface area contributed by atoms with E-state index in [2.05, 4.69) is 5.32 Å². The summed E-state index contributed by atoms with van der Waals surface area (Å²) < 4.78 is 5.52. The Bertz CT molecular complexity index is 975. The standard InChI is InChI=1S/C24H26N2O3/c1-17-9-11-21(12-10-17)25-23(27)13-14-26(16-20-7-5-4-6-8-20)24(28)22-15-18(2)29-19(22)3/h4-12,15H,13-14,16H2,1-3H3,(H,25,27). The van der Waals surface area contributed by atoms with Gasteiger partial charge in [0.1, 0.15) is 11.5 Å². The maximum atomic E-state index is 13.1. The van der Waals surface area contributed by atoms with Gasteiger partial charge in [0, 0.05) is 25.2 Å². The highest BCUT2D eigenvalue weighted by Gasteiger charge is 2.21. The third-order valence-corrected chi connectivity index (χ3v) is 4.72. The molecule has 5 heteroatoms. The summed E-state index contributed by atoms with van der Waals surface area (Å²) in [6, 6.07) is 19.2. The lowest BCUT2D eigenvalue weighted by Gasteiger charge is -2.22. The largest absolute Gasteiger partial charge is 0.466 e. The molecule has 0 aliphatic carbocycles. The Morgan fingerprint density at radius 1 is 0.966 bits per heavy atom. The van der Waals surface area contributed by atoms with Crippen LogP contribution in [0.4, 0.5) is 5.69 Å². The molecule has 0 unspecified atom stereocenters. The minimum atomic E-state index is -0.133. The number of carbonyl (C=O) groups excluding carboxylic acids is 2. The van der Waals surface area contributed by atoms with Crippen LogP contribution in [0.3, 0.4) is 0 Å². The lowest BCUT2D eigenvalue weighted by atomic mass is 10.1. The van der Waals surface area contributed by atoms with E-state index in [-0.39, 0.29) is 18.2 Å². The van der Waals surface area contributed by atoms with Gasteiger partial charge in [-0.2, -0.15) is 0 Å². The van der Waals surface area contributed by atoms with Gasteiger partial charge in [-0.1, -0.05) is 48.0 Å². The number of rotatable bonds is 7. The number of nitrogens with one attached hydrogen (secondary N) is 1. The molecule has 1 heterocycles. The summed E-state index contributed by atoms with van der Waals surface area (Å²) in [5, 5.41) is 2.89. The van der Waals surface area contributed by atoms with Crippen molar-refractivity contribution in [2.45, 2.75) is 33.7 Å². The first-order chi connectivity index (χ1) is 13.9. The van der Waals surface area contributed by atoms with Gasteiger partial charge in [-0.05, 0) is 44.5 Å². The SMILES string of the molecule is Cc1ccc(NC(=O)CCN(Cc2ccccc2)C(=O)c2cc(C)oc2C)cc1. The molecule has 0 bridgehead atoms. The number of amides is 2. The monoisotopic (exact) mass is 390 g/mol. The van der Waals surface area contributed by atoms with Crippen LogP contribution in [-0.2, 0) is 11.3 Å². The zero-order valence-corrected chi connectivity index (χ0v) is 17.1. The molecule has 0 radical (unpaired) electrons. The number of furan rings is 1. The highest BCUT2D eigenvalue weighted by atomic mass is 16.3. The van der Waals surface area contributed by atoms with Crippen LogP contribution in [0.5, 0.6) is 0 Å². The fourth-order valence-electron chi connectivity index (χ4n) is 3.17. The van der Waals surface area contributed by atoms with E-state index >= 15 is 0 Å². The van der Waals surface area contributed by atoms with E-state index in [4.69, 9.17) is 4.42 Å². The van der Waals surface area contributed by atoms with Gasteiger partial charge in [-0.15, -0.1) is 0 Å². The number of benzene rings is 2. The van der Waals surface area contributed by atoms with Crippen LogP contribution >= 0.6 is 0 Å². The minimum Gasteiger partial charge on any atom is -0.466 e. The first kappa shape index (κ1) is 20.4. The highest BCUT2D eigenvalue weighted by Crippen LogP contribution is 2.18.